The highest BCUT2D eigenvalue weighted by Gasteiger charge is 2.70. The van der Waals surface area contributed by atoms with E-state index in [0.717, 1.165) is 50.5 Å². The summed E-state index contributed by atoms with van der Waals surface area (Å²) in [5, 5.41) is 15.5. The molecule has 0 saturated heterocycles. The summed E-state index contributed by atoms with van der Waals surface area (Å²) in [4.78, 5) is 67.0. The molecular formula is C51H73ClFN3O7. The zero-order chi connectivity index (χ0) is 46.3. The minimum absolute atomic E-state index is 0.00154. The van der Waals surface area contributed by atoms with Crippen LogP contribution >= 0.6 is 11.6 Å². The van der Waals surface area contributed by atoms with Gasteiger partial charge in [0.15, 0.2) is 11.6 Å². The van der Waals surface area contributed by atoms with Crippen molar-refractivity contribution in [3.05, 3.63) is 46.0 Å². The van der Waals surface area contributed by atoms with Gasteiger partial charge in [-0.05, 0) is 146 Å². The first kappa shape index (κ1) is 47.6. The van der Waals surface area contributed by atoms with E-state index in [1.54, 1.807) is 12.1 Å². The maximum absolute atomic E-state index is 16.6. The number of carbonyl (C=O) groups excluding carboxylic acids is 4. The van der Waals surface area contributed by atoms with Gasteiger partial charge in [0, 0.05) is 40.7 Å². The molecule has 6 aliphatic carbocycles. The van der Waals surface area contributed by atoms with Gasteiger partial charge in [0.1, 0.15) is 6.10 Å². The van der Waals surface area contributed by atoms with Gasteiger partial charge in [0.2, 0.25) is 5.91 Å². The van der Waals surface area contributed by atoms with Gasteiger partial charge in [-0.2, -0.15) is 0 Å². The summed E-state index contributed by atoms with van der Waals surface area (Å²) >= 11 is 6.01. The molecule has 1 aromatic carbocycles. The van der Waals surface area contributed by atoms with E-state index in [9.17, 15) is 29.1 Å². The average Bonchev–Trinajstić information content (AvgIpc) is 3.49. The molecule has 5 saturated carbocycles. The van der Waals surface area contributed by atoms with E-state index in [2.05, 4.69) is 59.1 Å². The van der Waals surface area contributed by atoms with Crippen molar-refractivity contribution in [3.63, 3.8) is 0 Å². The number of carbonyl (C=O) groups is 5. The molecule has 0 heterocycles. The Hall–Kier alpha value is -3.31. The molecule has 1 unspecified atom stereocenters. The number of nitrogens with one attached hydrogen (secondary N) is 2. The van der Waals surface area contributed by atoms with Gasteiger partial charge >= 0.3 is 11.9 Å². The van der Waals surface area contributed by atoms with Crippen LogP contribution in [0.15, 0.2) is 35.4 Å². The summed E-state index contributed by atoms with van der Waals surface area (Å²) in [5.41, 5.74) is 6.31. The molecule has 5 fully saturated rings. The van der Waals surface area contributed by atoms with Crippen LogP contribution < -0.4 is 16.4 Å². The molecule has 0 aliphatic heterocycles. The molecule has 11 atom stereocenters. The standard InChI is InChI=1S/C51H73ClFN3O7/c1-29(2)40-35(57)26-50(27-39(58)55-28-51(53,19-10-24-54)56-42(59)30-11-13-31(52)14-12-30)23-22-48(8)32(41(40)50)15-16-37-47(7)20-18-38(46(5,6)36(47)17-21-49(37,48)9)63-44(62)34-25-33(43(60)61)45(34,3)4/h11-14,29,32-34,36-38H,10,15-28,54H2,1-9H3,(H,55,58)(H,56,59)(H,60,61)/t32-,33+,34-,36+,37-,38+,47+,48-,49-,50+,51?/m1/s1. The highest BCUT2D eigenvalue weighted by Crippen LogP contribution is 2.77. The van der Waals surface area contributed by atoms with E-state index < -0.39 is 46.9 Å². The van der Waals surface area contributed by atoms with Crippen LogP contribution in [0.3, 0.4) is 0 Å². The van der Waals surface area contributed by atoms with Crippen LogP contribution in [0.4, 0.5) is 4.39 Å². The van der Waals surface area contributed by atoms with Gasteiger partial charge in [-0.25, -0.2) is 4.39 Å². The van der Waals surface area contributed by atoms with Gasteiger partial charge in [0.05, 0.1) is 18.4 Å². The fraction of sp³-hybridized carbons (Fsp3) is 0.745. The third-order valence-electron chi connectivity index (χ3n) is 18.9. The van der Waals surface area contributed by atoms with Crippen LogP contribution in [0.1, 0.15) is 156 Å². The van der Waals surface area contributed by atoms with Crippen molar-refractivity contribution in [2.75, 3.05) is 13.1 Å². The predicted octanol–water partition coefficient (Wildman–Crippen LogP) is 9.62. The van der Waals surface area contributed by atoms with E-state index in [4.69, 9.17) is 22.1 Å². The monoisotopic (exact) mass is 894 g/mol. The summed E-state index contributed by atoms with van der Waals surface area (Å²) < 4.78 is 23.0. The Morgan fingerprint density at radius 2 is 1.59 bits per heavy atom. The highest BCUT2D eigenvalue weighted by atomic mass is 35.5. The maximum Gasteiger partial charge on any atom is 0.309 e. The molecule has 0 spiro atoms. The van der Waals surface area contributed by atoms with E-state index in [-0.39, 0.29) is 88.6 Å². The van der Waals surface area contributed by atoms with E-state index in [1.807, 2.05) is 13.8 Å². The number of Topliss-reactive ketones (excluding diaryl/α,β-unsaturated/α-hetero) is 1. The average molecular weight is 895 g/mol. The maximum atomic E-state index is 16.6. The molecule has 63 heavy (non-hydrogen) atoms. The zero-order valence-corrected chi connectivity index (χ0v) is 39.9. The second-order valence-electron chi connectivity index (χ2n) is 23.0. The Balaban J connectivity index is 1.09. The number of allylic oxidation sites excluding steroid dienone is 2. The van der Waals surface area contributed by atoms with Crippen molar-refractivity contribution in [3.8, 4) is 0 Å². The van der Waals surface area contributed by atoms with E-state index in [0.29, 0.717) is 36.1 Å². The third kappa shape index (κ3) is 7.78. The number of esters is 1. The summed E-state index contributed by atoms with van der Waals surface area (Å²) in [5.74, 6) is -4.29. The number of benzene rings is 1. The largest absolute Gasteiger partial charge is 0.481 e. The minimum Gasteiger partial charge on any atom is -0.481 e. The van der Waals surface area contributed by atoms with E-state index in [1.165, 1.54) is 17.7 Å². The van der Waals surface area contributed by atoms with Crippen LogP contribution in [0, 0.1) is 68.0 Å². The SMILES string of the molecule is CC(C)C1=C2[C@H]3CC[C@@H]4[C@@]5(C)CC[C@H](OC(=O)[C@H]6C[C@@H](C(=O)O)C6(C)C)C(C)(C)[C@@H]5CC[C@@]4(C)[C@]3(C)CC[C@@]2(CC(=O)NCC(F)(CCCN)NC(=O)c2ccc(Cl)cc2)CC1=O. The molecule has 10 nitrogen and oxygen atoms in total. The van der Waals surface area contributed by atoms with Crippen molar-refractivity contribution in [1.82, 2.24) is 10.6 Å². The smallest absolute Gasteiger partial charge is 0.309 e. The van der Waals surface area contributed by atoms with Crippen LogP contribution in [-0.4, -0.2) is 59.6 Å². The number of ether oxygens (including phenoxy) is 1. The zero-order valence-electron chi connectivity index (χ0n) is 39.2. The molecule has 5 N–H and O–H groups in total. The Morgan fingerprint density at radius 1 is 0.905 bits per heavy atom. The number of hydrogen-bond acceptors (Lipinski definition) is 7. The molecule has 1 aromatic rings. The summed E-state index contributed by atoms with van der Waals surface area (Å²) in [7, 11) is 0. The van der Waals surface area contributed by atoms with E-state index >= 15 is 4.39 Å². The lowest BCUT2D eigenvalue weighted by molar-refractivity contribution is -0.236. The number of nitrogens with two attached hydrogens (primary N) is 1. The number of amides is 2. The number of halogens is 2. The number of carboxylic acids is 1. The quantitative estimate of drug-likeness (QED) is 0.112. The summed E-state index contributed by atoms with van der Waals surface area (Å²) in [6.45, 7) is 19.7. The second-order valence-corrected chi connectivity index (χ2v) is 23.5. The van der Waals surface area contributed by atoms with Crippen molar-refractivity contribution in [1.29, 1.82) is 0 Å². The van der Waals surface area contributed by atoms with Crippen molar-refractivity contribution in [2.45, 2.75) is 158 Å². The number of fused-ring (bicyclic) bond motifs is 7. The van der Waals surface area contributed by atoms with Gasteiger partial charge in [-0.15, -0.1) is 0 Å². The first-order valence-corrected chi connectivity index (χ1v) is 24.1. The van der Waals surface area contributed by atoms with Crippen LogP contribution in [0.5, 0.6) is 0 Å². The first-order valence-electron chi connectivity index (χ1n) is 23.7. The van der Waals surface area contributed by atoms with Crippen LogP contribution in [-0.2, 0) is 23.9 Å². The number of ketones is 1. The molecule has 0 bridgehead atoms. The van der Waals surface area contributed by atoms with Gasteiger partial charge < -0.3 is 26.2 Å². The first-order chi connectivity index (χ1) is 29.3. The third-order valence-corrected chi connectivity index (χ3v) is 19.2. The Bertz CT molecular complexity index is 2050. The Kier molecular flexibility index (Phi) is 12.5. The number of carboxylic acid groups (broad SMARTS) is 1. The number of aliphatic carboxylic acids is 1. The molecule has 0 radical (unpaired) electrons. The fourth-order valence-electron chi connectivity index (χ4n) is 15.2. The van der Waals surface area contributed by atoms with Crippen molar-refractivity contribution in [2.24, 2.45) is 73.7 Å². The number of rotatable bonds is 13. The summed E-state index contributed by atoms with van der Waals surface area (Å²) in [6, 6.07) is 6.18. The molecule has 2 amide bonds. The lowest BCUT2D eigenvalue weighted by atomic mass is 9.33. The van der Waals surface area contributed by atoms with Crippen molar-refractivity contribution < 1.29 is 38.2 Å². The normalized spacial score (nSPS) is 37.3. The molecule has 0 aromatic heterocycles. The lowest BCUT2D eigenvalue weighted by Crippen LogP contribution is -2.66. The molecule has 348 valence electrons. The van der Waals surface area contributed by atoms with Crippen LogP contribution in [0.25, 0.3) is 0 Å². The number of alkyl halides is 1. The Morgan fingerprint density at radius 3 is 2.21 bits per heavy atom. The Labute approximate surface area is 379 Å². The molecular weight excluding hydrogens is 821 g/mol. The van der Waals surface area contributed by atoms with Gasteiger partial charge in [-0.3, -0.25) is 24.0 Å². The van der Waals surface area contributed by atoms with Crippen LogP contribution in [0.2, 0.25) is 5.02 Å². The topological polar surface area (TPSA) is 165 Å². The second kappa shape index (κ2) is 16.5. The van der Waals surface area contributed by atoms with Gasteiger partial charge in [0.25, 0.3) is 5.91 Å². The highest BCUT2D eigenvalue weighted by molar-refractivity contribution is 6.30. The fourth-order valence-corrected chi connectivity index (χ4v) is 15.3. The molecule has 12 heteroatoms. The number of hydrogen-bond donors (Lipinski definition) is 4. The van der Waals surface area contributed by atoms with Gasteiger partial charge in [-0.1, -0.05) is 79.5 Å². The lowest BCUT2D eigenvalue weighted by Gasteiger charge is -2.72. The minimum atomic E-state index is -2.24. The molecule has 7 rings (SSSR count). The molecule has 6 aliphatic rings. The summed E-state index contributed by atoms with van der Waals surface area (Å²) in [6.07, 6.45) is 7.87. The van der Waals surface area contributed by atoms with Crippen molar-refractivity contribution >= 4 is 41.1 Å². The predicted molar refractivity (Wildman–Crippen MR) is 241 cm³/mol.